The Morgan fingerprint density at radius 1 is 1.15 bits per heavy atom. The first-order chi connectivity index (χ1) is 9.60. The third-order valence-corrected chi connectivity index (χ3v) is 4.46. The van der Waals surface area contributed by atoms with E-state index in [0.717, 1.165) is 55.0 Å². The van der Waals surface area contributed by atoms with E-state index in [1.165, 1.54) is 5.69 Å². The minimum Gasteiger partial charge on any atom is -0.399 e. The summed E-state index contributed by atoms with van der Waals surface area (Å²) in [6.45, 7) is 7.68. The van der Waals surface area contributed by atoms with Crippen molar-refractivity contribution in [1.29, 1.82) is 0 Å². The van der Waals surface area contributed by atoms with Crippen LogP contribution in [0, 0.1) is 6.92 Å². The number of aryl methyl sites for hydroxylation is 1. The van der Waals surface area contributed by atoms with E-state index in [4.69, 9.17) is 5.73 Å². The second-order valence-corrected chi connectivity index (χ2v) is 5.71. The molecule has 1 fully saturated rings. The van der Waals surface area contributed by atoms with Gasteiger partial charge in [0.25, 0.3) is 0 Å². The number of piperazine rings is 1. The summed E-state index contributed by atoms with van der Waals surface area (Å²) in [6.07, 6.45) is 0. The van der Waals surface area contributed by atoms with Crippen molar-refractivity contribution in [3.05, 3.63) is 23.8 Å². The number of nitrogen functional groups attached to an aromatic ring is 1. The third kappa shape index (κ3) is 3.23. The summed E-state index contributed by atoms with van der Waals surface area (Å²) >= 11 is 0. The first-order valence-corrected chi connectivity index (χ1v) is 7.28. The zero-order valence-electron chi connectivity index (χ0n) is 12.3. The number of anilines is 2. The Hall–Kier alpha value is -1.30. The van der Waals surface area contributed by atoms with Gasteiger partial charge >= 0.3 is 0 Å². The summed E-state index contributed by atoms with van der Waals surface area (Å²) in [7, 11) is 0. The maximum absolute atomic E-state index is 9.24. The van der Waals surface area contributed by atoms with Crippen molar-refractivity contribution in [2.75, 3.05) is 63.1 Å². The Morgan fingerprint density at radius 3 is 2.25 bits per heavy atom. The summed E-state index contributed by atoms with van der Waals surface area (Å²) in [6, 6.07) is 6.16. The Kier molecular flexibility index (Phi) is 4.86. The number of hydrogen-bond donors (Lipinski definition) is 3. The second kappa shape index (κ2) is 6.43. The zero-order valence-corrected chi connectivity index (χ0v) is 12.3. The van der Waals surface area contributed by atoms with E-state index in [-0.39, 0.29) is 13.2 Å². The lowest BCUT2D eigenvalue weighted by atomic mass is 10.1. The average Bonchev–Trinajstić information content (AvgIpc) is 2.43. The lowest BCUT2D eigenvalue weighted by Gasteiger charge is -2.45. The third-order valence-electron chi connectivity index (χ3n) is 4.46. The zero-order chi connectivity index (χ0) is 14.6. The van der Waals surface area contributed by atoms with Crippen molar-refractivity contribution in [1.82, 2.24) is 0 Å². The molecule has 112 valence electrons. The summed E-state index contributed by atoms with van der Waals surface area (Å²) in [4.78, 5) is 2.36. The molecule has 1 aromatic carbocycles. The number of aliphatic hydroxyl groups is 2. The standard InChI is InChI=1S/C15H26N3O2/c1-13-12-14(2-3-15(13)16)17-4-6-18(7-5-17,8-10-19)9-11-20/h2-3,12,19-20H,4-11,16H2,1H3/q+1. The SMILES string of the molecule is Cc1cc(N2CC[N+](CCO)(CCO)CC2)ccc1N. The van der Waals surface area contributed by atoms with Crippen LogP contribution in [0.4, 0.5) is 11.4 Å². The second-order valence-electron chi connectivity index (χ2n) is 5.71. The molecule has 0 saturated carbocycles. The molecule has 1 saturated heterocycles. The molecule has 0 aromatic heterocycles. The van der Waals surface area contributed by atoms with E-state index in [9.17, 15) is 10.2 Å². The minimum absolute atomic E-state index is 0.182. The highest BCUT2D eigenvalue weighted by Gasteiger charge is 2.32. The summed E-state index contributed by atoms with van der Waals surface area (Å²) in [5.74, 6) is 0. The van der Waals surface area contributed by atoms with Crippen LogP contribution in [-0.2, 0) is 0 Å². The molecule has 1 aromatic rings. The van der Waals surface area contributed by atoms with Crippen molar-refractivity contribution >= 4 is 11.4 Å². The Balaban J connectivity index is 2.04. The molecule has 2 rings (SSSR count). The van der Waals surface area contributed by atoms with E-state index in [1.807, 2.05) is 13.0 Å². The van der Waals surface area contributed by atoms with E-state index in [2.05, 4.69) is 17.0 Å². The average molecular weight is 280 g/mol. The van der Waals surface area contributed by atoms with Gasteiger partial charge in [0.05, 0.1) is 39.4 Å². The molecule has 4 N–H and O–H groups in total. The van der Waals surface area contributed by atoms with Gasteiger partial charge in [-0.1, -0.05) is 0 Å². The maximum Gasteiger partial charge on any atom is 0.102 e. The molecule has 1 heterocycles. The topological polar surface area (TPSA) is 69.7 Å². The molecule has 0 bridgehead atoms. The van der Waals surface area contributed by atoms with Crippen LogP contribution < -0.4 is 10.6 Å². The lowest BCUT2D eigenvalue weighted by Crippen LogP contribution is -2.61. The van der Waals surface area contributed by atoms with Crippen molar-refractivity contribution in [3.63, 3.8) is 0 Å². The van der Waals surface area contributed by atoms with E-state index < -0.39 is 0 Å². The predicted molar refractivity (Wildman–Crippen MR) is 81.7 cm³/mol. The van der Waals surface area contributed by atoms with Crippen molar-refractivity contribution in [2.24, 2.45) is 0 Å². The van der Waals surface area contributed by atoms with Gasteiger partial charge in [-0.25, -0.2) is 0 Å². The van der Waals surface area contributed by atoms with Crippen LogP contribution in [0.25, 0.3) is 0 Å². The van der Waals surface area contributed by atoms with Crippen LogP contribution in [0.2, 0.25) is 0 Å². The van der Waals surface area contributed by atoms with Gasteiger partial charge in [-0.3, -0.25) is 0 Å². The molecular weight excluding hydrogens is 254 g/mol. The highest BCUT2D eigenvalue weighted by Crippen LogP contribution is 2.23. The van der Waals surface area contributed by atoms with Gasteiger partial charge in [0, 0.05) is 11.4 Å². The van der Waals surface area contributed by atoms with Crippen molar-refractivity contribution in [3.8, 4) is 0 Å². The fourth-order valence-electron chi connectivity index (χ4n) is 2.99. The summed E-state index contributed by atoms with van der Waals surface area (Å²) in [5.41, 5.74) is 9.01. The Labute approximate surface area is 120 Å². The summed E-state index contributed by atoms with van der Waals surface area (Å²) in [5, 5.41) is 18.5. The Bertz CT molecular complexity index is 435. The number of nitrogens with zero attached hydrogens (tertiary/aromatic N) is 2. The lowest BCUT2D eigenvalue weighted by molar-refractivity contribution is -0.929. The number of hydrogen-bond acceptors (Lipinski definition) is 4. The predicted octanol–water partition coefficient (Wildman–Crippen LogP) is 0.199. The van der Waals surface area contributed by atoms with E-state index >= 15 is 0 Å². The molecule has 0 aliphatic carbocycles. The number of nitrogens with two attached hydrogens (primary N) is 1. The molecule has 5 nitrogen and oxygen atoms in total. The molecule has 20 heavy (non-hydrogen) atoms. The smallest absolute Gasteiger partial charge is 0.102 e. The van der Waals surface area contributed by atoms with E-state index in [1.54, 1.807) is 0 Å². The van der Waals surface area contributed by atoms with Gasteiger partial charge in [0.1, 0.15) is 13.1 Å². The van der Waals surface area contributed by atoms with Crippen LogP contribution in [0.5, 0.6) is 0 Å². The van der Waals surface area contributed by atoms with E-state index in [0.29, 0.717) is 0 Å². The first-order valence-electron chi connectivity index (χ1n) is 7.28. The normalized spacial score (nSPS) is 18.2. The molecule has 0 amide bonds. The molecular formula is C15H26N3O2+. The van der Waals surface area contributed by atoms with Crippen LogP contribution in [0.1, 0.15) is 5.56 Å². The molecule has 5 heteroatoms. The van der Waals surface area contributed by atoms with Gasteiger partial charge < -0.3 is 25.3 Å². The van der Waals surface area contributed by atoms with Crippen LogP contribution in [0.3, 0.4) is 0 Å². The highest BCUT2D eigenvalue weighted by atomic mass is 16.3. The van der Waals surface area contributed by atoms with Gasteiger partial charge in [-0.15, -0.1) is 0 Å². The Morgan fingerprint density at radius 2 is 1.75 bits per heavy atom. The molecule has 1 aliphatic heterocycles. The van der Waals surface area contributed by atoms with Gasteiger partial charge in [-0.2, -0.15) is 0 Å². The van der Waals surface area contributed by atoms with Gasteiger partial charge in [-0.05, 0) is 30.7 Å². The summed E-state index contributed by atoms with van der Waals surface area (Å²) < 4.78 is 0.817. The maximum atomic E-state index is 9.24. The molecule has 1 aliphatic rings. The van der Waals surface area contributed by atoms with Gasteiger partial charge in [0.15, 0.2) is 0 Å². The largest absolute Gasteiger partial charge is 0.399 e. The van der Waals surface area contributed by atoms with Crippen LogP contribution in [-0.4, -0.2) is 67.2 Å². The van der Waals surface area contributed by atoms with Crippen LogP contribution in [0.15, 0.2) is 18.2 Å². The minimum atomic E-state index is 0.182. The number of benzene rings is 1. The number of aliphatic hydroxyl groups excluding tert-OH is 2. The van der Waals surface area contributed by atoms with Gasteiger partial charge in [0.2, 0.25) is 0 Å². The fourth-order valence-corrected chi connectivity index (χ4v) is 2.99. The molecule has 0 atom stereocenters. The number of rotatable bonds is 5. The van der Waals surface area contributed by atoms with Crippen molar-refractivity contribution < 1.29 is 14.7 Å². The van der Waals surface area contributed by atoms with Crippen LogP contribution >= 0.6 is 0 Å². The molecule has 0 radical (unpaired) electrons. The fraction of sp³-hybridized carbons (Fsp3) is 0.600. The van der Waals surface area contributed by atoms with Crippen molar-refractivity contribution in [2.45, 2.75) is 6.92 Å². The molecule has 0 unspecified atom stereocenters. The quantitative estimate of drug-likeness (QED) is 0.532. The first kappa shape index (κ1) is 15.1. The monoisotopic (exact) mass is 280 g/mol. The number of quaternary nitrogens is 1. The highest BCUT2D eigenvalue weighted by molar-refractivity contribution is 5.58. The molecule has 0 spiro atoms.